The Morgan fingerprint density at radius 1 is 1.06 bits per heavy atom. The lowest BCUT2D eigenvalue weighted by Gasteiger charge is -2.29. The van der Waals surface area contributed by atoms with E-state index in [0.717, 1.165) is 30.1 Å². The van der Waals surface area contributed by atoms with Crippen molar-refractivity contribution in [2.45, 2.75) is 43.0 Å². The third-order valence-electron chi connectivity index (χ3n) is 3.25. The van der Waals surface area contributed by atoms with E-state index in [1.165, 1.54) is 6.42 Å². The summed E-state index contributed by atoms with van der Waals surface area (Å²) in [6.45, 7) is 0. The average molecular weight is 254 g/mol. The molecule has 0 bridgehead atoms. The number of sulfonamides is 1. The molecule has 0 aliphatic heterocycles. The molecular weight excluding hydrogens is 236 g/mol. The van der Waals surface area contributed by atoms with Crippen molar-refractivity contribution in [3.63, 3.8) is 0 Å². The molecule has 17 heavy (non-hydrogen) atoms. The molecule has 0 unspecified atom stereocenters. The van der Waals surface area contributed by atoms with Crippen LogP contribution in [-0.2, 0) is 10.0 Å². The largest absolute Gasteiger partial charge is 0.255 e. The fourth-order valence-corrected chi connectivity index (χ4v) is 3.59. The van der Waals surface area contributed by atoms with Crippen molar-refractivity contribution in [1.82, 2.24) is 4.41 Å². The van der Waals surface area contributed by atoms with Gasteiger partial charge in [0.2, 0.25) is 0 Å². The van der Waals surface area contributed by atoms with Crippen molar-refractivity contribution in [3.8, 4) is 0 Å². The quantitative estimate of drug-likeness (QED) is 0.661. The van der Waals surface area contributed by atoms with Gasteiger partial charge in [0.1, 0.15) is 0 Å². The highest BCUT2D eigenvalue weighted by atomic mass is 32.2. The normalized spacial score (nSPS) is 18.5. The molecule has 0 saturated heterocycles. The van der Waals surface area contributed by atoms with Crippen LogP contribution < -0.4 is 5.84 Å². The van der Waals surface area contributed by atoms with Crippen molar-refractivity contribution in [2.24, 2.45) is 5.84 Å². The molecule has 2 rings (SSSR count). The second kappa shape index (κ2) is 5.16. The third-order valence-corrected chi connectivity index (χ3v) is 4.97. The lowest BCUT2D eigenvalue weighted by atomic mass is 9.96. The highest BCUT2D eigenvalue weighted by Gasteiger charge is 2.29. The van der Waals surface area contributed by atoms with Crippen LogP contribution in [0.5, 0.6) is 0 Å². The van der Waals surface area contributed by atoms with Crippen molar-refractivity contribution in [1.29, 1.82) is 0 Å². The van der Waals surface area contributed by atoms with Gasteiger partial charge >= 0.3 is 0 Å². The molecule has 1 aromatic rings. The van der Waals surface area contributed by atoms with E-state index < -0.39 is 10.0 Å². The van der Waals surface area contributed by atoms with Crippen LogP contribution in [-0.4, -0.2) is 18.9 Å². The molecule has 94 valence electrons. The molecule has 4 nitrogen and oxygen atoms in total. The second-order valence-corrected chi connectivity index (χ2v) is 6.28. The maximum Gasteiger partial charge on any atom is 0.255 e. The highest BCUT2D eigenvalue weighted by molar-refractivity contribution is 7.89. The van der Waals surface area contributed by atoms with E-state index in [1.54, 1.807) is 30.3 Å². The molecule has 1 aliphatic carbocycles. The molecule has 1 saturated carbocycles. The molecule has 1 aliphatic rings. The van der Waals surface area contributed by atoms with Crippen LogP contribution in [0.4, 0.5) is 0 Å². The highest BCUT2D eigenvalue weighted by Crippen LogP contribution is 2.24. The van der Waals surface area contributed by atoms with E-state index in [2.05, 4.69) is 0 Å². The maximum atomic E-state index is 12.2. The van der Waals surface area contributed by atoms with Gasteiger partial charge in [-0.2, -0.15) is 0 Å². The van der Waals surface area contributed by atoms with Crippen LogP contribution in [0, 0.1) is 0 Å². The van der Waals surface area contributed by atoms with Crippen LogP contribution >= 0.6 is 0 Å². The Labute approximate surface area is 102 Å². The van der Waals surface area contributed by atoms with Gasteiger partial charge in [0.25, 0.3) is 10.0 Å². The maximum absolute atomic E-state index is 12.2. The number of nitrogens with zero attached hydrogens (tertiary/aromatic N) is 1. The number of benzene rings is 1. The van der Waals surface area contributed by atoms with Crippen molar-refractivity contribution in [3.05, 3.63) is 30.3 Å². The topological polar surface area (TPSA) is 63.4 Å². The Kier molecular flexibility index (Phi) is 3.81. The smallest absolute Gasteiger partial charge is 0.254 e. The molecule has 5 heteroatoms. The molecule has 0 atom stereocenters. The minimum atomic E-state index is -3.53. The molecule has 0 spiro atoms. The standard InChI is InChI=1S/C12H18N2O2S/c13-14(11-7-3-1-4-8-11)17(15,16)12-9-5-2-6-10-12/h2,5-6,9-11H,1,3-4,7-8,13H2. The predicted octanol–water partition coefficient (Wildman–Crippen LogP) is 1.88. The van der Waals surface area contributed by atoms with Gasteiger partial charge in [-0.25, -0.2) is 8.42 Å². The van der Waals surface area contributed by atoms with Crippen LogP contribution in [0.3, 0.4) is 0 Å². The van der Waals surface area contributed by atoms with Gasteiger partial charge in [0.05, 0.1) is 4.90 Å². The summed E-state index contributed by atoms with van der Waals surface area (Å²) in [4.78, 5) is 0.271. The predicted molar refractivity (Wildman–Crippen MR) is 66.5 cm³/mol. The Hall–Kier alpha value is -0.910. The summed E-state index contributed by atoms with van der Waals surface area (Å²) in [5.41, 5.74) is 0. The SMILES string of the molecule is NN(C1CCCCC1)S(=O)(=O)c1ccccc1. The minimum Gasteiger partial charge on any atom is -0.254 e. The molecule has 1 fully saturated rings. The number of hydrogen-bond acceptors (Lipinski definition) is 3. The van der Waals surface area contributed by atoms with E-state index in [-0.39, 0.29) is 10.9 Å². The Bertz CT molecular complexity index is 453. The van der Waals surface area contributed by atoms with E-state index >= 15 is 0 Å². The fraction of sp³-hybridized carbons (Fsp3) is 0.500. The second-order valence-electron chi connectivity index (χ2n) is 4.44. The summed E-state index contributed by atoms with van der Waals surface area (Å²) >= 11 is 0. The summed E-state index contributed by atoms with van der Waals surface area (Å²) in [7, 11) is -3.53. The van der Waals surface area contributed by atoms with Gasteiger partial charge in [-0.3, -0.25) is 5.84 Å². The van der Waals surface area contributed by atoms with Crippen molar-refractivity contribution < 1.29 is 8.42 Å². The van der Waals surface area contributed by atoms with Crippen molar-refractivity contribution in [2.75, 3.05) is 0 Å². The monoisotopic (exact) mass is 254 g/mol. The molecule has 2 N–H and O–H groups in total. The summed E-state index contributed by atoms with van der Waals surface area (Å²) < 4.78 is 25.5. The average Bonchev–Trinajstić information content (AvgIpc) is 2.40. The van der Waals surface area contributed by atoms with Gasteiger partial charge in [0.15, 0.2) is 0 Å². The first-order valence-corrected chi connectivity index (χ1v) is 7.40. The zero-order valence-corrected chi connectivity index (χ0v) is 10.6. The van der Waals surface area contributed by atoms with Crippen molar-refractivity contribution >= 4 is 10.0 Å². The van der Waals surface area contributed by atoms with Gasteiger partial charge in [-0.1, -0.05) is 37.5 Å². The lowest BCUT2D eigenvalue weighted by molar-refractivity contribution is 0.258. The first-order chi connectivity index (χ1) is 8.12. The first kappa shape index (κ1) is 12.5. The van der Waals surface area contributed by atoms with Gasteiger partial charge in [-0.05, 0) is 25.0 Å². The molecule has 1 aromatic carbocycles. The van der Waals surface area contributed by atoms with Gasteiger partial charge < -0.3 is 0 Å². The molecule has 0 amide bonds. The summed E-state index contributed by atoms with van der Waals surface area (Å²) in [6.07, 6.45) is 5.02. The van der Waals surface area contributed by atoms with E-state index in [1.807, 2.05) is 0 Å². The number of rotatable bonds is 3. The Morgan fingerprint density at radius 2 is 1.65 bits per heavy atom. The third kappa shape index (κ3) is 2.68. The van der Waals surface area contributed by atoms with E-state index in [0.29, 0.717) is 0 Å². The minimum absolute atomic E-state index is 0.0473. The molecule has 0 aromatic heterocycles. The van der Waals surface area contributed by atoms with Gasteiger partial charge in [-0.15, -0.1) is 4.41 Å². The molecular formula is C12H18N2O2S. The summed E-state index contributed by atoms with van der Waals surface area (Å²) in [6, 6.07) is 8.33. The molecule has 0 heterocycles. The summed E-state index contributed by atoms with van der Waals surface area (Å²) in [5, 5.41) is 0. The fourth-order valence-electron chi connectivity index (χ4n) is 2.25. The van der Waals surface area contributed by atoms with Crippen LogP contribution in [0.25, 0.3) is 0 Å². The molecule has 0 radical (unpaired) electrons. The van der Waals surface area contributed by atoms with Gasteiger partial charge in [0, 0.05) is 6.04 Å². The summed E-state index contributed by atoms with van der Waals surface area (Å²) in [5.74, 6) is 5.80. The van der Waals surface area contributed by atoms with Crippen LogP contribution in [0.2, 0.25) is 0 Å². The zero-order chi connectivity index (χ0) is 12.3. The number of hydrazine groups is 1. The first-order valence-electron chi connectivity index (χ1n) is 5.96. The van der Waals surface area contributed by atoms with Crippen LogP contribution in [0.15, 0.2) is 35.2 Å². The Balaban J connectivity index is 2.20. The Morgan fingerprint density at radius 3 is 2.24 bits per heavy atom. The zero-order valence-electron chi connectivity index (χ0n) is 9.75. The lowest BCUT2D eigenvalue weighted by Crippen LogP contribution is -2.46. The van der Waals surface area contributed by atoms with Crippen LogP contribution in [0.1, 0.15) is 32.1 Å². The van der Waals surface area contributed by atoms with E-state index in [4.69, 9.17) is 5.84 Å². The van der Waals surface area contributed by atoms with E-state index in [9.17, 15) is 8.42 Å². The number of hydrogen-bond donors (Lipinski definition) is 1. The number of nitrogens with two attached hydrogens (primary N) is 1.